The fourth-order valence-corrected chi connectivity index (χ4v) is 1.65. The Morgan fingerprint density at radius 1 is 1.43 bits per heavy atom. The molecule has 0 saturated heterocycles. The molecule has 0 atom stereocenters. The quantitative estimate of drug-likeness (QED) is 0.489. The van der Waals surface area contributed by atoms with Gasteiger partial charge in [-0.2, -0.15) is 0 Å². The van der Waals surface area contributed by atoms with Gasteiger partial charge in [0.25, 0.3) is 5.69 Å². The van der Waals surface area contributed by atoms with Gasteiger partial charge in [0.05, 0.1) is 17.6 Å². The Morgan fingerprint density at radius 2 is 2.10 bits per heavy atom. The maximum atomic E-state index is 13.3. The number of ether oxygens (including phenoxy) is 1. The summed E-state index contributed by atoms with van der Waals surface area (Å²) in [4.78, 5) is 25.2. The van der Waals surface area contributed by atoms with Crippen LogP contribution < -0.4 is 0 Å². The molecule has 0 unspecified atom stereocenters. The van der Waals surface area contributed by atoms with Gasteiger partial charge < -0.3 is 9.15 Å². The molecule has 9 heteroatoms. The number of carbonyl (C=O) groups excluding carboxylic acids is 1. The minimum Gasteiger partial charge on any atom is -0.461 e. The van der Waals surface area contributed by atoms with E-state index in [9.17, 15) is 23.7 Å². The number of esters is 1. The molecular weight excluding hydrogens is 290 g/mol. The van der Waals surface area contributed by atoms with Gasteiger partial charge in [-0.25, -0.2) is 18.6 Å². The summed E-state index contributed by atoms with van der Waals surface area (Å²) in [7, 11) is 0. The third-order valence-electron chi connectivity index (χ3n) is 2.52. The summed E-state index contributed by atoms with van der Waals surface area (Å²) in [5, 5.41) is 10.9. The second-order valence-electron chi connectivity index (χ2n) is 3.79. The lowest BCUT2D eigenvalue weighted by atomic mass is 10.1. The standard InChI is InChI=1S/C12H8F2N2O5/c1-2-20-12(17)10-11(21-5-15-10)6-3-7(13)8(14)4-9(6)16(18)19/h3-5H,2H2,1H3. The van der Waals surface area contributed by atoms with Crippen molar-refractivity contribution in [3.8, 4) is 11.3 Å². The molecule has 1 aromatic carbocycles. The number of rotatable bonds is 4. The van der Waals surface area contributed by atoms with Crippen molar-refractivity contribution in [1.82, 2.24) is 4.98 Å². The van der Waals surface area contributed by atoms with Gasteiger partial charge >= 0.3 is 5.97 Å². The molecule has 0 saturated carbocycles. The molecule has 1 aromatic heterocycles. The smallest absolute Gasteiger partial charge is 0.360 e. The molecule has 0 aliphatic rings. The fourth-order valence-electron chi connectivity index (χ4n) is 1.65. The van der Waals surface area contributed by atoms with E-state index >= 15 is 0 Å². The Labute approximate surface area is 116 Å². The van der Waals surface area contributed by atoms with Crippen molar-refractivity contribution < 1.29 is 27.7 Å². The van der Waals surface area contributed by atoms with Gasteiger partial charge in [-0.05, 0) is 13.0 Å². The van der Waals surface area contributed by atoms with Crippen LogP contribution in [0.3, 0.4) is 0 Å². The normalized spacial score (nSPS) is 10.4. The molecule has 0 radical (unpaired) electrons. The highest BCUT2D eigenvalue weighted by atomic mass is 19.2. The van der Waals surface area contributed by atoms with Crippen LogP contribution in [0.25, 0.3) is 11.3 Å². The molecule has 110 valence electrons. The maximum absolute atomic E-state index is 13.3. The third-order valence-corrected chi connectivity index (χ3v) is 2.52. The molecule has 7 nitrogen and oxygen atoms in total. The molecule has 0 aliphatic heterocycles. The van der Waals surface area contributed by atoms with Crippen LogP contribution in [0.2, 0.25) is 0 Å². The number of carbonyl (C=O) groups is 1. The molecule has 0 bridgehead atoms. The molecule has 1 heterocycles. The highest BCUT2D eigenvalue weighted by molar-refractivity contribution is 5.94. The van der Waals surface area contributed by atoms with Crippen molar-refractivity contribution >= 4 is 11.7 Å². The van der Waals surface area contributed by atoms with E-state index in [1.807, 2.05) is 0 Å². The van der Waals surface area contributed by atoms with Crippen molar-refractivity contribution in [3.05, 3.63) is 46.0 Å². The SMILES string of the molecule is CCOC(=O)c1ncoc1-c1cc(F)c(F)cc1[N+](=O)[O-]. The van der Waals surface area contributed by atoms with Crippen LogP contribution >= 0.6 is 0 Å². The van der Waals surface area contributed by atoms with Crippen LogP contribution in [0.5, 0.6) is 0 Å². The summed E-state index contributed by atoms with van der Waals surface area (Å²) in [6.45, 7) is 1.60. The number of halogens is 2. The molecule has 2 rings (SSSR count). The number of aromatic nitrogens is 1. The van der Waals surface area contributed by atoms with Crippen molar-refractivity contribution in [1.29, 1.82) is 0 Å². The number of oxazole rings is 1. The van der Waals surface area contributed by atoms with Crippen LogP contribution in [-0.4, -0.2) is 22.5 Å². The van der Waals surface area contributed by atoms with E-state index in [1.165, 1.54) is 0 Å². The first-order chi connectivity index (χ1) is 9.95. The number of nitro benzene ring substituents is 1. The summed E-state index contributed by atoms with van der Waals surface area (Å²) >= 11 is 0. The predicted molar refractivity (Wildman–Crippen MR) is 64.5 cm³/mol. The molecule has 0 amide bonds. The zero-order chi connectivity index (χ0) is 15.6. The summed E-state index contributed by atoms with van der Waals surface area (Å²) in [6.07, 6.45) is 0.854. The van der Waals surface area contributed by atoms with Crippen molar-refractivity contribution in [3.63, 3.8) is 0 Å². The molecular formula is C12H8F2N2O5. The number of nitrogens with zero attached hydrogens (tertiary/aromatic N) is 2. The number of benzene rings is 1. The Hall–Kier alpha value is -2.84. The van der Waals surface area contributed by atoms with E-state index in [-0.39, 0.29) is 18.1 Å². The summed E-state index contributed by atoms with van der Waals surface area (Å²) in [6, 6.07) is 0.971. The zero-order valence-corrected chi connectivity index (χ0v) is 10.6. The van der Waals surface area contributed by atoms with Gasteiger partial charge in [-0.1, -0.05) is 0 Å². The second-order valence-corrected chi connectivity index (χ2v) is 3.79. The van der Waals surface area contributed by atoms with Gasteiger partial charge in [-0.15, -0.1) is 0 Å². The van der Waals surface area contributed by atoms with Gasteiger partial charge in [0.15, 0.2) is 29.5 Å². The second kappa shape index (κ2) is 5.65. The van der Waals surface area contributed by atoms with E-state index in [1.54, 1.807) is 6.92 Å². The first-order valence-electron chi connectivity index (χ1n) is 5.70. The lowest BCUT2D eigenvalue weighted by Gasteiger charge is -2.03. The third kappa shape index (κ3) is 2.71. The monoisotopic (exact) mass is 298 g/mol. The minimum atomic E-state index is -1.39. The van der Waals surface area contributed by atoms with Gasteiger partial charge in [0, 0.05) is 0 Å². The van der Waals surface area contributed by atoms with Crippen molar-refractivity contribution in [2.45, 2.75) is 6.92 Å². The highest BCUT2D eigenvalue weighted by Gasteiger charge is 2.28. The molecule has 2 aromatic rings. The van der Waals surface area contributed by atoms with Crippen molar-refractivity contribution in [2.24, 2.45) is 0 Å². The largest absolute Gasteiger partial charge is 0.461 e. The van der Waals surface area contributed by atoms with Crippen LogP contribution in [0.4, 0.5) is 14.5 Å². The van der Waals surface area contributed by atoms with E-state index in [0.29, 0.717) is 12.1 Å². The number of hydrogen-bond donors (Lipinski definition) is 0. The molecule has 21 heavy (non-hydrogen) atoms. The fraction of sp³-hybridized carbons (Fsp3) is 0.167. The molecule has 0 spiro atoms. The van der Waals surface area contributed by atoms with E-state index in [4.69, 9.17) is 9.15 Å². The first kappa shape index (κ1) is 14.6. The summed E-state index contributed by atoms with van der Waals surface area (Å²) in [5.41, 5.74) is -1.51. The van der Waals surface area contributed by atoms with Gasteiger partial charge in [-0.3, -0.25) is 10.1 Å². The Morgan fingerprint density at radius 3 is 2.71 bits per heavy atom. The molecule has 0 aliphatic carbocycles. The zero-order valence-electron chi connectivity index (χ0n) is 10.6. The van der Waals surface area contributed by atoms with Gasteiger partial charge in [0.2, 0.25) is 0 Å². The van der Waals surface area contributed by atoms with Gasteiger partial charge in [0.1, 0.15) is 5.56 Å². The van der Waals surface area contributed by atoms with E-state index in [0.717, 1.165) is 6.39 Å². The topological polar surface area (TPSA) is 95.5 Å². The van der Waals surface area contributed by atoms with E-state index in [2.05, 4.69) is 4.98 Å². The first-order valence-corrected chi connectivity index (χ1v) is 5.70. The Balaban J connectivity index is 2.62. The minimum absolute atomic E-state index is 0.0466. The van der Waals surface area contributed by atoms with E-state index < -0.39 is 33.8 Å². The average molecular weight is 298 g/mol. The van der Waals surface area contributed by atoms with Crippen LogP contribution in [0.1, 0.15) is 17.4 Å². The predicted octanol–water partition coefficient (Wildman–Crippen LogP) is 2.70. The van der Waals surface area contributed by atoms with Crippen LogP contribution in [0, 0.1) is 21.7 Å². The number of hydrogen-bond acceptors (Lipinski definition) is 6. The Bertz CT molecular complexity index is 714. The maximum Gasteiger partial charge on any atom is 0.360 e. The molecule has 0 fully saturated rings. The van der Waals surface area contributed by atoms with Crippen LogP contribution in [-0.2, 0) is 4.74 Å². The number of nitro groups is 1. The lowest BCUT2D eigenvalue weighted by Crippen LogP contribution is -2.07. The molecule has 0 N–H and O–H groups in total. The Kier molecular flexibility index (Phi) is 3.92. The lowest BCUT2D eigenvalue weighted by molar-refractivity contribution is -0.384. The highest BCUT2D eigenvalue weighted by Crippen LogP contribution is 2.34. The average Bonchev–Trinajstić information content (AvgIpc) is 2.90. The van der Waals surface area contributed by atoms with Crippen LogP contribution in [0.15, 0.2) is 22.9 Å². The summed E-state index contributed by atoms with van der Waals surface area (Å²) in [5.74, 6) is -3.95. The summed E-state index contributed by atoms with van der Waals surface area (Å²) < 4.78 is 36.0. The van der Waals surface area contributed by atoms with Crippen molar-refractivity contribution in [2.75, 3.05) is 6.61 Å².